The summed E-state index contributed by atoms with van der Waals surface area (Å²) in [6, 6.07) is 0. The maximum atomic E-state index is 6.44. The molecule has 0 N–H and O–H groups in total. The highest BCUT2D eigenvalue weighted by Gasteiger charge is 2.23. The first-order valence-corrected chi connectivity index (χ1v) is 13.8. The SMILES string of the molecule is Cc1c(C)c2c(c(C)c1OC(C)C)CC=C(CCC[C@H](C)CCC[C@H](C)CCCC(C)C)O2. The van der Waals surface area contributed by atoms with Gasteiger partial charge in [0, 0.05) is 12.0 Å². The second-order valence-electron chi connectivity index (χ2n) is 11.5. The van der Waals surface area contributed by atoms with E-state index in [2.05, 4.69) is 68.4 Å². The molecule has 2 rings (SSSR count). The number of fused-ring (bicyclic) bond motifs is 1. The summed E-state index contributed by atoms with van der Waals surface area (Å²) in [6.45, 7) is 20.3. The molecule has 0 unspecified atom stereocenters. The third kappa shape index (κ3) is 8.69. The molecule has 0 radical (unpaired) electrons. The van der Waals surface area contributed by atoms with E-state index in [1.165, 1.54) is 73.6 Å². The van der Waals surface area contributed by atoms with Gasteiger partial charge in [0.1, 0.15) is 17.3 Å². The van der Waals surface area contributed by atoms with Gasteiger partial charge in [-0.3, -0.25) is 0 Å². The largest absolute Gasteiger partial charge is 0.490 e. The summed E-state index contributed by atoms with van der Waals surface area (Å²) in [5.74, 6) is 5.84. The van der Waals surface area contributed by atoms with E-state index in [0.29, 0.717) is 0 Å². The molecule has 2 nitrogen and oxygen atoms in total. The van der Waals surface area contributed by atoms with Crippen molar-refractivity contribution in [2.75, 3.05) is 0 Å². The molecule has 0 saturated carbocycles. The van der Waals surface area contributed by atoms with Gasteiger partial charge in [0.15, 0.2) is 0 Å². The summed E-state index contributed by atoms with van der Waals surface area (Å²) in [6.07, 6.45) is 15.3. The van der Waals surface area contributed by atoms with Crippen LogP contribution in [0.4, 0.5) is 0 Å². The second-order valence-corrected chi connectivity index (χ2v) is 11.5. The number of benzene rings is 1. The third-order valence-corrected chi connectivity index (χ3v) is 7.42. The van der Waals surface area contributed by atoms with Gasteiger partial charge in [-0.1, -0.05) is 72.6 Å². The van der Waals surface area contributed by atoms with Gasteiger partial charge in [-0.2, -0.15) is 0 Å². The first-order valence-electron chi connectivity index (χ1n) is 13.8. The van der Waals surface area contributed by atoms with Crippen molar-refractivity contribution in [1.82, 2.24) is 0 Å². The van der Waals surface area contributed by atoms with Crippen molar-refractivity contribution in [3.63, 3.8) is 0 Å². The van der Waals surface area contributed by atoms with Crippen LogP contribution in [0.15, 0.2) is 11.8 Å². The predicted molar refractivity (Wildman–Crippen MR) is 144 cm³/mol. The van der Waals surface area contributed by atoms with E-state index in [1.807, 2.05) is 0 Å². The van der Waals surface area contributed by atoms with Crippen LogP contribution in [0, 0.1) is 38.5 Å². The smallest absolute Gasteiger partial charge is 0.134 e. The first kappa shape index (κ1) is 27.8. The van der Waals surface area contributed by atoms with Crippen molar-refractivity contribution in [2.45, 2.75) is 133 Å². The summed E-state index contributed by atoms with van der Waals surface area (Å²) in [5, 5.41) is 0. The maximum Gasteiger partial charge on any atom is 0.134 e. The lowest BCUT2D eigenvalue weighted by Crippen LogP contribution is -2.14. The molecular weight excluding hydrogens is 404 g/mol. The topological polar surface area (TPSA) is 18.5 Å². The van der Waals surface area contributed by atoms with Crippen molar-refractivity contribution in [2.24, 2.45) is 17.8 Å². The molecule has 0 fully saturated rings. The van der Waals surface area contributed by atoms with Gasteiger partial charge < -0.3 is 9.47 Å². The van der Waals surface area contributed by atoms with Crippen LogP contribution in [0.25, 0.3) is 0 Å². The van der Waals surface area contributed by atoms with Crippen LogP contribution in [0.2, 0.25) is 0 Å². The minimum atomic E-state index is 0.186. The summed E-state index contributed by atoms with van der Waals surface area (Å²) in [4.78, 5) is 0. The van der Waals surface area contributed by atoms with Crippen molar-refractivity contribution in [1.29, 1.82) is 0 Å². The van der Waals surface area contributed by atoms with Crippen molar-refractivity contribution < 1.29 is 9.47 Å². The Bertz CT molecular complexity index is 772. The number of allylic oxidation sites excluding steroid dienone is 2. The maximum absolute atomic E-state index is 6.44. The highest BCUT2D eigenvalue weighted by molar-refractivity contribution is 5.60. The fourth-order valence-corrected chi connectivity index (χ4v) is 5.10. The lowest BCUT2D eigenvalue weighted by molar-refractivity contribution is 0.238. The van der Waals surface area contributed by atoms with E-state index >= 15 is 0 Å². The van der Waals surface area contributed by atoms with Gasteiger partial charge in [-0.15, -0.1) is 0 Å². The molecule has 1 aromatic rings. The van der Waals surface area contributed by atoms with Gasteiger partial charge in [0.25, 0.3) is 0 Å². The van der Waals surface area contributed by atoms with Gasteiger partial charge in [0.05, 0.1) is 6.10 Å². The molecule has 1 aliphatic rings. The van der Waals surface area contributed by atoms with Crippen molar-refractivity contribution in [3.8, 4) is 11.5 Å². The molecule has 0 spiro atoms. The molecule has 188 valence electrons. The van der Waals surface area contributed by atoms with E-state index in [-0.39, 0.29) is 6.10 Å². The molecule has 1 aliphatic heterocycles. The molecule has 0 aromatic heterocycles. The zero-order chi connectivity index (χ0) is 24.5. The van der Waals surface area contributed by atoms with Crippen LogP contribution >= 0.6 is 0 Å². The molecule has 2 heteroatoms. The first-order chi connectivity index (χ1) is 15.6. The van der Waals surface area contributed by atoms with E-state index in [4.69, 9.17) is 9.47 Å². The Kier molecular flexibility index (Phi) is 11.3. The fourth-order valence-electron chi connectivity index (χ4n) is 5.10. The lowest BCUT2D eigenvalue weighted by Gasteiger charge is -2.26. The monoisotopic (exact) mass is 456 g/mol. The Morgan fingerprint density at radius 2 is 1.33 bits per heavy atom. The number of ether oxygens (including phenoxy) is 2. The van der Waals surface area contributed by atoms with Crippen LogP contribution in [0.1, 0.15) is 122 Å². The Balaban J connectivity index is 1.76. The van der Waals surface area contributed by atoms with Gasteiger partial charge in [0.2, 0.25) is 0 Å². The highest BCUT2D eigenvalue weighted by atomic mass is 16.5. The predicted octanol–water partition coefficient (Wildman–Crippen LogP) is 9.66. The third-order valence-electron chi connectivity index (χ3n) is 7.42. The van der Waals surface area contributed by atoms with E-state index in [9.17, 15) is 0 Å². The highest BCUT2D eigenvalue weighted by Crippen LogP contribution is 2.41. The van der Waals surface area contributed by atoms with Gasteiger partial charge in [-0.25, -0.2) is 0 Å². The van der Waals surface area contributed by atoms with Crippen LogP contribution in [-0.2, 0) is 6.42 Å². The molecule has 1 aromatic carbocycles. The van der Waals surface area contributed by atoms with Crippen LogP contribution in [-0.4, -0.2) is 6.10 Å². The molecule has 2 atom stereocenters. The Labute approximate surface area is 205 Å². The van der Waals surface area contributed by atoms with Crippen molar-refractivity contribution >= 4 is 0 Å². The van der Waals surface area contributed by atoms with Crippen molar-refractivity contribution in [3.05, 3.63) is 34.1 Å². The average Bonchev–Trinajstić information content (AvgIpc) is 2.74. The zero-order valence-electron chi connectivity index (χ0n) is 23.3. The minimum Gasteiger partial charge on any atom is -0.490 e. The summed E-state index contributed by atoms with van der Waals surface area (Å²) < 4.78 is 12.6. The molecule has 1 heterocycles. The Hall–Kier alpha value is -1.44. The Morgan fingerprint density at radius 3 is 1.91 bits per heavy atom. The normalized spacial score (nSPS) is 15.3. The van der Waals surface area contributed by atoms with Crippen LogP contribution in [0.5, 0.6) is 11.5 Å². The quantitative estimate of drug-likeness (QED) is 0.277. The molecule has 0 saturated heterocycles. The van der Waals surface area contributed by atoms with E-state index < -0.39 is 0 Å². The minimum absolute atomic E-state index is 0.186. The van der Waals surface area contributed by atoms with Gasteiger partial charge in [-0.05, 0) is 88.0 Å². The molecule has 0 amide bonds. The molecular formula is C31H52O2. The molecule has 0 aliphatic carbocycles. The Morgan fingerprint density at radius 1 is 0.758 bits per heavy atom. The second kappa shape index (κ2) is 13.4. The summed E-state index contributed by atoms with van der Waals surface area (Å²) >= 11 is 0. The van der Waals surface area contributed by atoms with Crippen LogP contribution < -0.4 is 9.47 Å². The fraction of sp³-hybridized carbons (Fsp3) is 0.742. The standard InChI is InChI=1S/C31H52O2/c1-21(2)13-10-14-23(5)15-11-16-24(6)17-12-18-28-19-20-29-27(9)30(32-22(3)4)25(7)26(8)31(29)33-28/h19,21-24H,10-18,20H2,1-9H3/t23-,24-/m1/s1. The summed E-state index contributed by atoms with van der Waals surface area (Å²) in [5.41, 5.74) is 4.98. The lowest BCUT2D eigenvalue weighted by atomic mass is 9.91. The molecule has 0 bridgehead atoms. The summed E-state index contributed by atoms with van der Waals surface area (Å²) in [7, 11) is 0. The average molecular weight is 457 g/mol. The number of hydrogen-bond donors (Lipinski definition) is 0. The van der Waals surface area contributed by atoms with Crippen LogP contribution in [0.3, 0.4) is 0 Å². The van der Waals surface area contributed by atoms with E-state index in [0.717, 1.165) is 47.9 Å². The molecule has 33 heavy (non-hydrogen) atoms. The number of hydrogen-bond acceptors (Lipinski definition) is 2. The zero-order valence-corrected chi connectivity index (χ0v) is 23.3. The van der Waals surface area contributed by atoms with Gasteiger partial charge >= 0.3 is 0 Å². The number of rotatable bonds is 14. The van der Waals surface area contributed by atoms with E-state index in [1.54, 1.807) is 0 Å².